The second-order valence-corrected chi connectivity index (χ2v) is 8.84. The van der Waals surface area contributed by atoms with Crippen LogP contribution in [0.2, 0.25) is 0 Å². The van der Waals surface area contributed by atoms with Crippen molar-refractivity contribution in [3.05, 3.63) is 0 Å². The zero-order valence-corrected chi connectivity index (χ0v) is 11.9. The highest BCUT2D eigenvalue weighted by atomic mass is 32.2. The molecule has 0 aliphatic carbocycles. The second kappa shape index (κ2) is 5.07. The van der Waals surface area contributed by atoms with Gasteiger partial charge in [0.25, 0.3) is 0 Å². The quantitative estimate of drug-likeness (QED) is 0.827. The molecule has 0 aromatic rings. The Morgan fingerprint density at radius 3 is 2.94 bits per heavy atom. The van der Waals surface area contributed by atoms with E-state index in [1.807, 2.05) is 11.8 Å². The molecule has 2 N–H and O–H groups in total. The molecule has 0 amide bonds. The first kappa shape index (κ1) is 13.6. The van der Waals surface area contributed by atoms with Gasteiger partial charge in [-0.05, 0) is 31.9 Å². The molecular formula is C11H21NO3S2. The second-order valence-electron chi connectivity index (χ2n) is 5.08. The van der Waals surface area contributed by atoms with Gasteiger partial charge >= 0.3 is 0 Å². The summed E-state index contributed by atoms with van der Waals surface area (Å²) in [5, 5.41) is -0.690. The molecule has 4 nitrogen and oxygen atoms in total. The van der Waals surface area contributed by atoms with Crippen molar-refractivity contribution in [2.24, 2.45) is 5.73 Å². The fourth-order valence-electron chi connectivity index (χ4n) is 2.59. The Balaban J connectivity index is 2.12. The van der Waals surface area contributed by atoms with E-state index >= 15 is 0 Å². The van der Waals surface area contributed by atoms with Gasteiger partial charge in [0, 0.05) is 18.9 Å². The molecule has 3 atom stereocenters. The average Bonchev–Trinajstić information content (AvgIpc) is 2.76. The number of rotatable bonds is 3. The van der Waals surface area contributed by atoms with E-state index in [0.29, 0.717) is 19.4 Å². The van der Waals surface area contributed by atoms with E-state index in [4.69, 9.17) is 10.5 Å². The van der Waals surface area contributed by atoms with E-state index in [0.717, 1.165) is 17.9 Å². The van der Waals surface area contributed by atoms with Crippen LogP contribution in [0.5, 0.6) is 0 Å². The summed E-state index contributed by atoms with van der Waals surface area (Å²) in [6.45, 7) is 2.49. The minimum atomic E-state index is -3.09. The minimum absolute atomic E-state index is 0.172. The van der Waals surface area contributed by atoms with Crippen LogP contribution >= 0.6 is 11.8 Å². The highest BCUT2D eigenvalue weighted by Gasteiger charge is 2.45. The van der Waals surface area contributed by atoms with Crippen LogP contribution in [0.4, 0.5) is 0 Å². The summed E-state index contributed by atoms with van der Waals surface area (Å²) in [5.74, 6) is 2.02. The van der Waals surface area contributed by atoms with Crippen LogP contribution in [0.15, 0.2) is 0 Å². The Bertz CT molecular complexity index is 363. The van der Waals surface area contributed by atoms with Gasteiger partial charge in [-0.3, -0.25) is 0 Å². The lowest BCUT2D eigenvalue weighted by Gasteiger charge is -2.38. The van der Waals surface area contributed by atoms with Crippen LogP contribution in [0.25, 0.3) is 0 Å². The maximum atomic E-state index is 12.3. The van der Waals surface area contributed by atoms with Crippen molar-refractivity contribution < 1.29 is 13.2 Å². The molecule has 2 fully saturated rings. The topological polar surface area (TPSA) is 69.4 Å². The Kier molecular flexibility index (Phi) is 4.07. The van der Waals surface area contributed by atoms with Crippen molar-refractivity contribution in [2.45, 2.75) is 42.3 Å². The summed E-state index contributed by atoms with van der Waals surface area (Å²) in [4.78, 5) is 0. The van der Waals surface area contributed by atoms with Crippen LogP contribution in [0.3, 0.4) is 0 Å². The first-order valence-corrected chi connectivity index (χ1v) is 8.91. The largest absolute Gasteiger partial charge is 0.374 e. The van der Waals surface area contributed by atoms with E-state index in [9.17, 15) is 8.42 Å². The van der Waals surface area contributed by atoms with Gasteiger partial charge < -0.3 is 10.5 Å². The molecule has 100 valence electrons. The van der Waals surface area contributed by atoms with E-state index < -0.39 is 15.1 Å². The third-order valence-electron chi connectivity index (χ3n) is 3.87. The monoisotopic (exact) mass is 279 g/mol. The predicted octanol–water partition coefficient (Wildman–Crippen LogP) is 0.803. The van der Waals surface area contributed by atoms with E-state index in [1.165, 1.54) is 0 Å². The molecule has 2 rings (SSSR count). The van der Waals surface area contributed by atoms with Crippen molar-refractivity contribution in [1.82, 2.24) is 0 Å². The molecule has 0 saturated carbocycles. The summed E-state index contributed by atoms with van der Waals surface area (Å²) in [6, 6.07) is 0. The van der Waals surface area contributed by atoms with Crippen molar-refractivity contribution in [1.29, 1.82) is 0 Å². The van der Waals surface area contributed by atoms with Crippen molar-refractivity contribution >= 4 is 21.6 Å². The molecular weight excluding hydrogens is 258 g/mol. The van der Waals surface area contributed by atoms with Gasteiger partial charge in [-0.1, -0.05) is 0 Å². The molecule has 2 aliphatic rings. The van der Waals surface area contributed by atoms with Gasteiger partial charge in [-0.25, -0.2) is 8.42 Å². The van der Waals surface area contributed by atoms with Gasteiger partial charge in [0.15, 0.2) is 9.84 Å². The van der Waals surface area contributed by atoms with Crippen LogP contribution < -0.4 is 5.73 Å². The molecule has 3 unspecified atom stereocenters. The maximum Gasteiger partial charge on any atom is 0.157 e. The maximum absolute atomic E-state index is 12.3. The fourth-order valence-corrected chi connectivity index (χ4v) is 5.85. The molecule has 6 heteroatoms. The molecule has 2 aliphatic heterocycles. The molecule has 0 radical (unpaired) electrons. The Hall–Kier alpha value is 0.220. The Morgan fingerprint density at radius 2 is 2.35 bits per heavy atom. The fraction of sp³-hybridized carbons (Fsp3) is 1.00. The molecule has 2 saturated heterocycles. The van der Waals surface area contributed by atoms with Gasteiger partial charge in [-0.15, -0.1) is 0 Å². The van der Waals surface area contributed by atoms with Crippen molar-refractivity contribution in [2.75, 3.05) is 24.7 Å². The van der Waals surface area contributed by atoms with Gasteiger partial charge in [0.1, 0.15) is 0 Å². The number of hydrogen-bond donors (Lipinski definition) is 1. The summed E-state index contributed by atoms with van der Waals surface area (Å²) < 4.78 is 30.5. The average molecular weight is 279 g/mol. The predicted molar refractivity (Wildman–Crippen MR) is 71.1 cm³/mol. The van der Waals surface area contributed by atoms with E-state index in [-0.39, 0.29) is 17.4 Å². The molecule has 0 aromatic carbocycles. The lowest BCUT2D eigenvalue weighted by Crippen LogP contribution is -2.47. The first-order valence-electron chi connectivity index (χ1n) is 6.15. The van der Waals surface area contributed by atoms with Crippen LogP contribution in [-0.4, -0.2) is 49.2 Å². The highest BCUT2D eigenvalue weighted by Crippen LogP contribution is 2.40. The third-order valence-corrected chi connectivity index (χ3v) is 7.74. The zero-order chi connectivity index (χ0) is 12.5. The molecule has 17 heavy (non-hydrogen) atoms. The zero-order valence-electron chi connectivity index (χ0n) is 10.2. The molecule has 0 bridgehead atoms. The van der Waals surface area contributed by atoms with Crippen LogP contribution in [-0.2, 0) is 14.6 Å². The van der Waals surface area contributed by atoms with Crippen molar-refractivity contribution in [3.63, 3.8) is 0 Å². The van der Waals surface area contributed by atoms with E-state index in [2.05, 4.69) is 0 Å². The normalized spacial score (nSPS) is 36.2. The summed E-state index contributed by atoms with van der Waals surface area (Å²) in [5.41, 5.74) is 5.32. The lowest BCUT2D eigenvalue weighted by atomic mass is 9.93. The number of sulfone groups is 1. The molecule has 2 heterocycles. The smallest absolute Gasteiger partial charge is 0.157 e. The minimum Gasteiger partial charge on any atom is -0.374 e. The standard InChI is InChI=1S/C11H21NO3S2/c1-9(7-12)17(13,14)10-2-4-15-11(6-10)3-5-16-8-11/h9-10H,2-8,12H2,1H3. The summed E-state index contributed by atoms with van der Waals surface area (Å²) >= 11 is 1.86. The summed E-state index contributed by atoms with van der Waals surface area (Å²) in [7, 11) is -3.09. The Labute approximate surface area is 108 Å². The molecule has 0 aromatic heterocycles. The first-order chi connectivity index (χ1) is 8.00. The lowest BCUT2D eigenvalue weighted by molar-refractivity contribution is -0.0572. The number of hydrogen-bond acceptors (Lipinski definition) is 5. The van der Waals surface area contributed by atoms with Gasteiger partial charge in [-0.2, -0.15) is 11.8 Å². The van der Waals surface area contributed by atoms with Crippen LogP contribution in [0, 0.1) is 0 Å². The summed E-state index contributed by atoms with van der Waals surface area (Å²) in [6.07, 6.45) is 2.27. The number of nitrogens with two attached hydrogens (primary N) is 1. The van der Waals surface area contributed by atoms with Gasteiger partial charge in [0.05, 0.1) is 16.1 Å². The van der Waals surface area contributed by atoms with E-state index in [1.54, 1.807) is 6.92 Å². The highest BCUT2D eigenvalue weighted by molar-refractivity contribution is 7.99. The van der Waals surface area contributed by atoms with Crippen LogP contribution in [0.1, 0.15) is 26.2 Å². The number of ether oxygens (including phenoxy) is 1. The molecule has 1 spiro atoms. The van der Waals surface area contributed by atoms with Crippen molar-refractivity contribution in [3.8, 4) is 0 Å². The SMILES string of the molecule is CC(CN)S(=O)(=O)C1CCOC2(CCSC2)C1. The Morgan fingerprint density at radius 1 is 1.59 bits per heavy atom. The number of thioether (sulfide) groups is 1. The van der Waals surface area contributed by atoms with Gasteiger partial charge in [0.2, 0.25) is 0 Å². The third kappa shape index (κ3) is 2.64.